The van der Waals surface area contributed by atoms with Crippen LogP contribution in [0.2, 0.25) is 0 Å². The van der Waals surface area contributed by atoms with Crippen LogP contribution in [0.5, 0.6) is 0 Å². The molecule has 0 amide bonds. The summed E-state index contributed by atoms with van der Waals surface area (Å²) >= 11 is 2.32. The molecule has 1 nitrogen and oxygen atoms in total. The summed E-state index contributed by atoms with van der Waals surface area (Å²) in [6, 6.07) is 0. The predicted molar refractivity (Wildman–Crippen MR) is 57.1 cm³/mol. The lowest BCUT2D eigenvalue weighted by Crippen LogP contribution is -2.16. The van der Waals surface area contributed by atoms with Gasteiger partial charge in [0.2, 0.25) is 0 Å². The first-order chi connectivity index (χ1) is 5.70. The van der Waals surface area contributed by atoms with Gasteiger partial charge in [0.1, 0.15) is 5.78 Å². The first-order valence-corrected chi connectivity index (χ1v) is 5.35. The summed E-state index contributed by atoms with van der Waals surface area (Å²) in [5, 5.41) is 0. The largest absolute Gasteiger partial charge is 0.299 e. The third-order valence-corrected chi connectivity index (χ3v) is 4.26. The summed E-state index contributed by atoms with van der Waals surface area (Å²) in [6.07, 6.45) is 6.19. The normalized spacial score (nSPS) is 34.3. The summed E-state index contributed by atoms with van der Waals surface area (Å²) < 4.78 is 1.27. The molecule has 0 aromatic rings. The molecule has 0 aromatic carbocycles. The summed E-state index contributed by atoms with van der Waals surface area (Å²) in [7, 11) is 0. The van der Waals surface area contributed by atoms with Gasteiger partial charge >= 0.3 is 0 Å². The Bertz CT molecular complexity index is 288. The quantitative estimate of drug-likeness (QED) is 0.621. The van der Waals surface area contributed by atoms with E-state index in [4.69, 9.17) is 0 Å². The van der Waals surface area contributed by atoms with Gasteiger partial charge in [0, 0.05) is 10.0 Å². The second-order valence-electron chi connectivity index (χ2n) is 3.54. The number of halogens is 1. The highest BCUT2D eigenvalue weighted by atomic mass is 127. The Morgan fingerprint density at radius 1 is 1.58 bits per heavy atom. The van der Waals surface area contributed by atoms with E-state index in [1.807, 2.05) is 0 Å². The number of rotatable bonds is 0. The number of allylic oxidation sites excluding steroid dienone is 4. The van der Waals surface area contributed by atoms with E-state index < -0.39 is 0 Å². The van der Waals surface area contributed by atoms with E-state index in [-0.39, 0.29) is 5.92 Å². The standard InChI is InChI=1S/C10H11IO/c1-6-2-3-7-4-5-8(12)9(7)10(6)11/h2-3,7,9H,4-5H2,1H3. The zero-order chi connectivity index (χ0) is 8.72. The van der Waals surface area contributed by atoms with Crippen molar-refractivity contribution in [1.82, 2.24) is 0 Å². The Kier molecular flexibility index (Phi) is 2.10. The Hall–Kier alpha value is -0.120. The lowest BCUT2D eigenvalue weighted by atomic mass is 9.89. The van der Waals surface area contributed by atoms with Crippen molar-refractivity contribution in [3.05, 3.63) is 21.3 Å². The van der Waals surface area contributed by atoms with Crippen molar-refractivity contribution >= 4 is 28.4 Å². The van der Waals surface area contributed by atoms with Gasteiger partial charge in [-0.25, -0.2) is 0 Å². The molecule has 0 saturated heterocycles. The van der Waals surface area contributed by atoms with Crippen LogP contribution < -0.4 is 0 Å². The molecule has 2 rings (SSSR count). The zero-order valence-electron chi connectivity index (χ0n) is 7.01. The monoisotopic (exact) mass is 274 g/mol. The predicted octanol–water partition coefficient (Wildman–Crippen LogP) is 2.86. The van der Waals surface area contributed by atoms with E-state index in [9.17, 15) is 4.79 Å². The number of carbonyl (C=O) groups is 1. The zero-order valence-corrected chi connectivity index (χ0v) is 9.17. The van der Waals surface area contributed by atoms with E-state index in [1.54, 1.807) is 0 Å². The first kappa shape index (κ1) is 8.48. The minimum absolute atomic E-state index is 0.218. The smallest absolute Gasteiger partial charge is 0.141 e. The second-order valence-corrected chi connectivity index (χ2v) is 4.70. The average molecular weight is 274 g/mol. The van der Waals surface area contributed by atoms with E-state index in [2.05, 4.69) is 41.7 Å². The fraction of sp³-hybridized carbons (Fsp3) is 0.500. The minimum Gasteiger partial charge on any atom is -0.299 e. The van der Waals surface area contributed by atoms with Gasteiger partial charge in [-0.1, -0.05) is 12.2 Å². The molecule has 2 heteroatoms. The van der Waals surface area contributed by atoms with Gasteiger partial charge in [-0.15, -0.1) is 0 Å². The summed E-state index contributed by atoms with van der Waals surface area (Å²) in [4.78, 5) is 11.5. The highest BCUT2D eigenvalue weighted by Gasteiger charge is 2.36. The second kappa shape index (κ2) is 2.98. The fourth-order valence-electron chi connectivity index (χ4n) is 2.00. The molecule has 0 spiro atoms. The van der Waals surface area contributed by atoms with E-state index in [0.29, 0.717) is 11.7 Å². The van der Waals surface area contributed by atoms with Gasteiger partial charge in [-0.3, -0.25) is 4.79 Å². The van der Waals surface area contributed by atoms with Gasteiger partial charge in [0.25, 0.3) is 0 Å². The minimum atomic E-state index is 0.218. The molecule has 1 saturated carbocycles. The molecule has 2 unspecified atom stereocenters. The van der Waals surface area contributed by atoms with Crippen molar-refractivity contribution < 1.29 is 4.79 Å². The topological polar surface area (TPSA) is 17.1 Å². The molecule has 64 valence electrons. The molecule has 0 aliphatic heterocycles. The highest BCUT2D eigenvalue weighted by molar-refractivity contribution is 14.1. The number of ketones is 1. The molecule has 0 bridgehead atoms. The van der Waals surface area contributed by atoms with E-state index in [0.717, 1.165) is 12.8 Å². The number of carbonyl (C=O) groups excluding carboxylic acids is 1. The number of fused-ring (bicyclic) bond motifs is 1. The van der Waals surface area contributed by atoms with Crippen molar-refractivity contribution in [2.75, 3.05) is 0 Å². The van der Waals surface area contributed by atoms with Crippen molar-refractivity contribution in [2.24, 2.45) is 11.8 Å². The molecule has 0 N–H and O–H groups in total. The highest BCUT2D eigenvalue weighted by Crippen LogP contribution is 2.42. The molecule has 0 aromatic heterocycles. The van der Waals surface area contributed by atoms with Crippen LogP contribution >= 0.6 is 22.6 Å². The number of hydrogen-bond donors (Lipinski definition) is 0. The molecule has 0 heterocycles. The van der Waals surface area contributed by atoms with Crippen LogP contribution in [0, 0.1) is 11.8 Å². The van der Waals surface area contributed by atoms with Gasteiger partial charge < -0.3 is 0 Å². The van der Waals surface area contributed by atoms with Crippen molar-refractivity contribution in [1.29, 1.82) is 0 Å². The fourth-order valence-corrected chi connectivity index (χ4v) is 2.99. The Labute approximate surface area is 86.1 Å². The molecule has 12 heavy (non-hydrogen) atoms. The van der Waals surface area contributed by atoms with Crippen LogP contribution in [0.3, 0.4) is 0 Å². The third kappa shape index (κ3) is 1.16. The maximum Gasteiger partial charge on any atom is 0.141 e. The van der Waals surface area contributed by atoms with E-state index in [1.165, 1.54) is 9.15 Å². The first-order valence-electron chi connectivity index (χ1n) is 4.27. The Morgan fingerprint density at radius 3 is 3.08 bits per heavy atom. The van der Waals surface area contributed by atoms with Crippen LogP contribution in [0.4, 0.5) is 0 Å². The van der Waals surface area contributed by atoms with Gasteiger partial charge in [-0.05, 0) is 47.4 Å². The van der Waals surface area contributed by atoms with Gasteiger partial charge in [-0.2, -0.15) is 0 Å². The molecule has 2 atom stereocenters. The lowest BCUT2D eigenvalue weighted by Gasteiger charge is -2.20. The average Bonchev–Trinajstić information content (AvgIpc) is 2.41. The van der Waals surface area contributed by atoms with Crippen molar-refractivity contribution in [2.45, 2.75) is 19.8 Å². The summed E-state index contributed by atoms with van der Waals surface area (Å²) in [5.41, 5.74) is 1.27. The molecule has 2 aliphatic rings. The van der Waals surface area contributed by atoms with Crippen LogP contribution in [0.25, 0.3) is 0 Å². The maximum absolute atomic E-state index is 11.5. The van der Waals surface area contributed by atoms with Crippen LogP contribution in [-0.4, -0.2) is 5.78 Å². The maximum atomic E-state index is 11.5. The summed E-state index contributed by atoms with van der Waals surface area (Å²) in [6.45, 7) is 2.08. The van der Waals surface area contributed by atoms with Crippen LogP contribution in [0.1, 0.15) is 19.8 Å². The molecule has 2 aliphatic carbocycles. The third-order valence-electron chi connectivity index (χ3n) is 2.74. The van der Waals surface area contributed by atoms with Crippen LogP contribution in [-0.2, 0) is 4.79 Å². The molecular weight excluding hydrogens is 263 g/mol. The Morgan fingerprint density at radius 2 is 2.33 bits per heavy atom. The molecule has 1 fully saturated rings. The van der Waals surface area contributed by atoms with Gasteiger partial charge in [0.15, 0.2) is 0 Å². The lowest BCUT2D eigenvalue weighted by molar-refractivity contribution is -0.119. The van der Waals surface area contributed by atoms with Crippen LogP contribution in [0.15, 0.2) is 21.3 Å². The molecular formula is C10H11IO. The summed E-state index contributed by atoms with van der Waals surface area (Å²) in [5.74, 6) is 1.16. The van der Waals surface area contributed by atoms with Crippen molar-refractivity contribution in [3.63, 3.8) is 0 Å². The number of hydrogen-bond acceptors (Lipinski definition) is 1. The van der Waals surface area contributed by atoms with Gasteiger partial charge in [0.05, 0.1) is 5.92 Å². The molecule has 0 radical (unpaired) electrons. The number of Topliss-reactive ketones (excluding diaryl/α,β-unsaturated/α-hetero) is 1. The Balaban J connectivity index is 2.39. The van der Waals surface area contributed by atoms with E-state index >= 15 is 0 Å². The van der Waals surface area contributed by atoms with Crippen molar-refractivity contribution in [3.8, 4) is 0 Å². The SMILES string of the molecule is CC1=C(I)C2C(=O)CCC2C=C1.